The number of nitrogens with zero attached hydrogens (tertiary/aromatic N) is 2. The van der Waals surface area contributed by atoms with Gasteiger partial charge in [0.25, 0.3) is 0 Å². The zero-order valence-corrected chi connectivity index (χ0v) is 19.6. The number of carbonyl (C=O) groups is 1. The standard InChI is InChI=1S/C24H30FN3O3S/c1-27(2)24(19-8-6-9-20(25)15-19)13-11-23(12-14-24)17-28(22(29)26-23)21-10-5-4-7-18(21)16-32(3,30)31/h4-10,15H,11-14,16-17H2,1-3H3,(H,26,29). The maximum absolute atomic E-state index is 14.0. The van der Waals surface area contributed by atoms with Gasteiger partial charge in [0.15, 0.2) is 9.84 Å². The number of urea groups is 1. The minimum atomic E-state index is -3.23. The number of halogens is 1. The van der Waals surface area contributed by atoms with Crippen LogP contribution in [0.25, 0.3) is 0 Å². The third-order valence-electron chi connectivity index (χ3n) is 7.03. The van der Waals surface area contributed by atoms with Gasteiger partial charge in [-0.15, -0.1) is 0 Å². The van der Waals surface area contributed by atoms with Gasteiger partial charge in [0.05, 0.1) is 17.8 Å². The molecule has 0 unspecified atom stereocenters. The Labute approximate surface area is 189 Å². The molecule has 1 N–H and O–H groups in total. The topological polar surface area (TPSA) is 69.7 Å². The molecule has 4 rings (SSSR count). The number of amides is 2. The van der Waals surface area contributed by atoms with Gasteiger partial charge < -0.3 is 5.32 Å². The van der Waals surface area contributed by atoms with E-state index in [1.807, 2.05) is 26.2 Å². The Morgan fingerprint density at radius 3 is 2.38 bits per heavy atom. The van der Waals surface area contributed by atoms with Crippen molar-refractivity contribution in [2.24, 2.45) is 0 Å². The quantitative estimate of drug-likeness (QED) is 0.741. The molecule has 6 nitrogen and oxygen atoms in total. The van der Waals surface area contributed by atoms with Crippen LogP contribution in [0.15, 0.2) is 48.5 Å². The van der Waals surface area contributed by atoms with Gasteiger partial charge in [-0.3, -0.25) is 9.80 Å². The molecule has 1 spiro atoms. The molecule has 172 valence electrons. The summed E-state index contributed by atoms with van der Waals surface area (Å²) in [6.07, 6.45) is 4.26. The minimum absolute atomic E-state index is 0.108. The van der Waals surface area contributed by atoms with Gasteiger partial charge in [-0.25, -0.2) is 17.6 Å². The van der Waals surface area contributed by atoms with Crippen molar-refractivity contribution in [3.63, 3.8) is 0 Å². The molecular weight excluding hydrogens is 429 g/mol. The maximum atomic E-state index is 14.0. The molecule has 32 heavy (non-hydrogen) atoms. The minimum Gasteiger partial charge on any atom is -0.330 e. The normalized spacial score (nSPS) is 26.0. The zero-order valence-electron chi connectivity index (χ0n) is 18.8. The first-order valence-corrected chi connectivity index (χ1v) is 12.9. The second kappa shape index (κ2) is 8.15. The molecule has 0 bridgehead atoms. The van der Waals surface area contributed by atoms with Crippen LogP contribution in [0.2, 0.25) is 0 Å². The predicted molar refractivity (Wildman–Crippen MR) is 124 cm³/mol. The highest BCUT2D eigenvalue weighted by Gasteiger charge is 2.50. The van der Waals surface area contributed by atoms with Crippen molar-refractivity contribution in [3.05, 3.63) is 65.5 Å². The molecular formula is C24H30FN3O3S. The first-order chi connectivity index (χ1) is 15.0. The van der Waals surface area contributed by atoms with Gasteiger partial charge in [-0.1, -0.05) is 30.3 Å². The van der Waals surface area contributed by atoms with E-state index in [0.29, 0.717) is 17.8 Å². The fourth-order valence-corrected chi connectivity index (χ4v) is 6.09. The van der Waals surface area contributed by atoms with E-state index in [2.05, 4.69) is 10.2 Å². The number of nitrogens with one attached hydrogen (secondary N) is 1. The van der Waals surface area contributed by atoms with Crippen LogP contribution in [-0.4, -0.2) is 51.8 Å². The van der Waals surface area contributed by atoms with Crippen molar-refractivity contribution in [1.29, 1.82) is 0 Å². The van der Waals surface area contributed by atoms with Crippen LogP contribution < -0.4 is 10.2 Å². The molecule has 2 amide bonds. The average Bonchev–Trinajstić information content (AvgIpc) is 3.03. The third-order valence-corrected chi connectivity index (χ3v) is 7.87. The zero-order chi connectivity index (χ0) is 23.1. The Morgan fingerprint density at radius 2 is 1.75 bits per heavy atom. The third kappa shape index (κ3) is 4.26. The molecule has 1 aliphatic heterocycles. The number of hydrogen-bond acceptors (Lipinski definition) is 4. The van der Waals surface area contributed by atoms with E-state index >= 15 is 0 Å². The molecule has 0 radical (unpaired) electrons. The van der Waals surface area contributed by atoms with Crippen LogP contribution in [0.5, 0.6) is 0 Å². The number of rotatable bonds is 5. The van der Waals surface area contributed by atoms with Crippen LogP contribution >= 0.6 is 0 Å². The molecule has 0 aromatic heterocycles. The van der Waals surface area contributed by atoms with Crippen LogP contribution in [0.1, 0.15) is 36.8 Å². The number of sulfone groups is 1. The molecule has 8 heteroatoms. The SMILES string of the molecule is CN(C)C1(c2cccc(F)c2)CCC2(CC1)CN(c1ccccc1CS(C)(=O)=O)C(=O)N2. The lowest BCUT2D eigenvalue weighted by atomic mass is 9.69. The summed E-state index contributed by atoms with van der Waals surface area (Å²) in [5.74, 6) is -0.352. The highest BCUT2D eigenvalue weighted by Crippen LogP contribution is 2.46. The van der Waals surface area contributed by atoms with E-state index < -0.39 is 9.84 Å². The van der Waals surface area contributed by atoms with Crippen molar-refractivity contribution in [3.8, 4) is 0 Å². The fourth-order valence-electron chi connectivity index (χ4n) is 5.28. The fraction of sp³-hybridized carbons (Fsp3) is 0.458. The number of para-hydroxylation sites is 1. The van der Waals surface area contributed by atoms with E-state index in [9.17, 15) is 17.6 Å². The largest absolute Gasteiger partial charge is 0.330 e. The molecule has 1 saturated carbocycles. The molecule has 2 aliphatic rings. The van der Waals surface area contributed by atoms with Crippen molar-refractivity contribution in [2.45, 2.75) is 42.5 Å². The lowest BCUT2D eigenvalue weighted by molar-refractivity contribution is 0.0655. The molecule has 1 heterocycles. The van der Waals surface area contributed by atoms with Gasteiger partial charge in [0, 0.05) is 17.5 Å². The van der Waals surface area contributed by atoms with E-state index in [1.165, 1.54) is 12.3 Å². The first-order valence-electron chi connectivity index (χ1n) is 10.8. The molecule has 0 atom stereocenters. The van der Waals surface area contributed by atoms with Gasteiger partial charge in [-0.05, 0) is 69.1 Å². The van der Waals surface area contributed by atoms with Crippen molar-refractivity contribution in [1.82, 2.24) is 10.2 Å². The van der Waals surface area contributed by atoms with E-state index in [1.54, 1.807) is 35.2 Å². The molecule has 1 saturated heterocycles. The second-order valence-corrected chi connectivity index (χ2v) is 11.6. The second-order valence-electron chi connectivity index (χ2n) is 9.43. The number of carbonyl (C=O) groups excluding carboxylic acids is 1. The van der Waals surface area contributed by atoms with Crippen molar-refractivity contribution in [2.75, 3.05) is 31.8 Å². The summed E-state index contributed by atoms with van der Waals surface area (Å²) < 4.78 is 37.7. The summed E-state index contributed by atoms with van der Waals surface area (Å²) in [5, 5.41) is 3.19. The van der Waals surface area contributed by atoms with E-state index in [-0.39, 0.29) is 28.7 Å². The molecule has 2 aromatic rings. The summed E-state index contributed by atoms with van der Waals surface area (Å²) in [5.41, 5.74) is 1.54. The Balaban J connectivity index is 1.58. The Hall–Kier alpha value is -2.45. The smallest absolute Gasteiger partial charge is 0.322 e. The summed E-state index contributed by atoms with van der Waals surface area (Å²) in [6.45, 7) is 0.485. The summed E-state index contributed by atoms with van der Waals surface area (Å²) in [4.78, 5) is 16.8. The Morgan fingerprint density at radius 1 is 1.06 bits per heavy atom. The number of anilines is 1. The Kier molecular flexibility index (Phi) is 5.79. The molecule has 1 aliphatic carbocycles. The van der Waals surface area contributed by atoms with Crippen LogP contribution in [0.3, 0.4) is 0 Å². The number of benzene rings is 2. The van der Waals surface area contributed by atoms with Crippen LogP contribution in [0.4, 0.5) is 14.9 Å². The van der Waals surface area contributed by atoms with Gasteiger partial charge in [-0.2, -0.15) is 0 Å². The highest BCUT2D eigenvalue weighted by atomic mass is 32.2. The van der Waals surface area contributed by atoms with Crippen molar-refractivity contribution >= 4 is 21.6 Å². The number of hydrogen-bond donors (Lipinski definition) is 1. The summed E-state index contributed by atoms with van der Waals surface area (Å²) in [7, 11) is 0.802. The highest BCUT2D eigenvalue weighted by molar-refractivity contribution is 7.89. The van der Waals surface area contributed by atoms with E-state index in [4.69, 9.17) is 0 Å². The monoisotopic (exact) mass is 459 g/mol. The summed E-state index contributed by atoms with van der Waals surface area (Å²) >= 11 is 0. The first kappa shape index (κ1) is 22.7. The summed E-state index contributed by atoms with van der Waals surface area (Å²) in [6, 6.07) is 13.8. The lowest BCUT2D eigenvalue weighted by Crippen LogP contribution is -2.54. The van der Waals surface area contributed by atoms with Crippen LogP contribution in [0, 0.1) is 5.82 Å². The molecule has 2 aromatic carbocycles. The average molecular weight is 460 g/mol. The van der Waals surface area contributed by atoms with Crippen LogP contribution in [-0.2, 0) is 21.1 Å². The lowest BCUT2D eigenvalue weighted by Gasteiger charge is -2.48. The van der Waals surface area contributed by atoms with Gasteiger partial charge in [0.1, 0.15) is 5.82 Å². The van der Waals surface area contributed by atoms with Gasteiger partial charge in [0.2, 0.25) is 0 Å². The Bertz CT molecular complexity index is 1120. The molecule has 2 fully saturated rings. The van der Waals surface area contributed by atoms with Crippen molar-refractivity contribution < 1.29 is 17.6 Å². The predicted octanol–water partition coefficient (Wildman–Crippen LogP) is 3.67. The van der Waals surface area contributed by atoms with Gasteiger partial charge >= 0.3 is 6.03 Å². The van der Waals surface area contributed by atoms with E-state index in [0.717, 1.165) is 31.2 Å². The maximum Gasteiger partial charge on any atom is 0.322 e.